The molecular formula is C28H40O. The van der Waals surface area contributed by atoms with Gasteiger partial charge in [0.05, 0.1) is 6.10 Å². The van der Waals surface area contributed by atoms with Crippen LogP contribution in [0.2, 0.25) is 0 Å². The predicted octanol–water partition coefficient (Wildman–Crippen LogP) is 7.65. The quantitative estimate of drug-likeness (QED) is 0.433. The van der Waals surface area contributed by atoms with Crippen molar-refractivity contribution in [1.29, 1.82) is 0 Å². The van der Waals surface area contributed by atoms with E-state index in [-0.39, 0.29) is 0 Å². The van der Waals surface area contributed by atoms with Crippen molar-refractivity contribution in [2.45, 2.75) is 96.5 Å². The highest BCUT2D eigenvalue weighted by Crippen LogP contribution is 2.34. The van der Waals surface area contributed by atoms with Crippen LogP contribution < -0.4 is 0 Å². The van der Waals surface area contributed by atoms with Gasteiger partial charge in [-0.05, 0) is 99.3 Å². The summed E-state index contributed by atoms with van der Waals surface area (Å²) >= 11 is 0. The van der Waals surface area contributed by atoms with Crippen LogP contribution in [0.15, 0.2) is 36.4 Å². The van der Waals surface area contributed by atoms with Crippen LogP contribution in [0.3, 0.4) is 0 Å². The summed E-state index contributed by atoms with van der Waals surface area (Å²) in [6, 6.07) is 8.98. The highest BCUT2D eigenvalue weighted by molar-refractivity contribution is 5.39. The lowest BCUT2D eigenvalue weighted by atomic mass is 9.80. The number of hydrogen-bond acceptors (Lipinski definition) is 1. The maximum atomic E-state index is 5.93. The van der Waals surface area contributed by atoms with Gasteiger partial charge >= 0.3 is 0 Å². The molecule has 1 aromatic carbocycles. The summed E-state index contributed by atoms with van der Waals surface area (Å²) in [4.78, 5) is 0. The van der Waals surface area contributed by atoms with Crippen LogP contribution in [0.4, 0.5) is 0 Å². The molecule has 0 saturated heterocycles. The number of rotatable bonds is 7. The first-order valence-electron chi connectivity index (χ1n) is 12.2. The number of benzene rings is 1. The first-order chi connectivity index (χ1) is 14.3. The Morgan fingerprint density at radius 3 is 2.28 bits per heavy atom. The van der Waals surface area contributed by atoms with Crippen molar-refractivity contribution in [3.8, 4) is 11.8 Å². The van der Waals surface area contributed by atoms with E-state index >= 15 is 0 Å². The Morgan fingerprint density at radius 1 is 0.897 bits per heavy atom. The molecule has 0 aromatic heterocycles. The van der Waals surface area contributed by atoms with E-state index in [0.717, 1.165) is 30.4 Å². The van der Waals surface area contributed by atoms with Crippen LogP contribution in [-0.4, -0.2) is 12.7 Å². The van der Waals surface area contributed by atoms with Gasteiger partial charge in [-0.25, -0.2) is 0 Å². The molecule has 0 radical (unpaired) electrons. The Hall–Kier alpha value is -1.52. The Bertz CT molecular complexity index is 659. The van der Waals surface area contributed by atoms with Crippen LogP contribution in [0.5, 0.6) is 0 Å². The summed E-state index contributed by atoms with van der Waals surface area (Å²) in [5.74, 6) is 9.00. The Morgan fingerprint density at radius 2 is 1.62 bits per heavy atom. The molecule has 29 heavy (non-hydrogen) atoms. The summed E-state index contributed by atoms with van der Waals surface area (Å²) in [6.07, 6.45) is 19.2. The zero-order valence-electron chi connectivity index (χ0n) is 18.7. The zero-order valence-corrected chi connectivity index (χ0v) is 18.7. The molecule has 1 nitrogen and oxygen atoms in total. The molecule has 2 saturated carbocycles. The monoisotopic (exact) mass is 392 g/mol. The molecule has 0 amide bonds. The van der Waals surface area contributed by atoms with Gasteiger partial charge in [-0.2, -0.15) is 0 Å². The predicted molar refractivity (Wildman–Crippen MR) is 124 cm³/mol. The van der Waals surface area contributed by atoms with Crippen LogP contribution in [0, 0.1) is 23.7 Å². The standard InChI is InChI=1S/C28H40O/c1-3-7-23-10-12-24(13-11-23)8-5-6-9-25-14-16-26(17-15-25)27-18-20-28(21-19-27)29-22-4-2/h5,8,14-17,23-24,27-28H,3-4,7,10-13,18-22H2,1-2H3/b8-5+/t23-,24-,27-,28-. The van der Waals surface area contributed by atoms with Crippen LogP contribution >= 0.6 is 0 Å². The van der Waals surface area contributed by atoms with Crippen molar-refractivity contribution < 1.29 is 4.74 Å². The Balaban J connectivity index is 1.42. The van der Waals surface area contributed by atoms with Gasteiger partial charge in [0.2, 0.25) is 0 Å². The maximum absolute atomic E-state index is 5.93. The van der Waals surface area contributed by atoms with Crippen molar-refractivity contribution in [2.75, 3.05) is 6.61 Å². The highest BCUT2D eigenvalue weighted by atomic mass is 16.5. The SMILES string of the molecule is CCCO[C@H]1CC[C@H](c2ccc(C#C/C=C/[C@H]3CC[C@H](CCC)CC3)cc2)CC1. The van der Waals surface area contributed by atoms with Gasteiger partial charge in [0.15, 0.2) is 0 Å². The molecule has 2 aliphatic carbocycles. The second kappa shape index (κ2) is 12.2. The largest absolute Gasteiger partial charge is 0.378 e. The van der Waals surface area contributed by atoms with E-state index in [1.54, 1.807) is 0 Å². The van der Waals surface area contributed by atoms with E-state index in [1.807, 2.05) is 0 Å². The first kappa shape index (κ1) is 22.2. The topological polar surface area (TPSA) is 9.23 Å². The summed E-state index contributed by atoms with van der Waals surface area (Å²) < 4.78 is 5.93. The van der Waals surface area contributed by atoms with E-state index < -0.39 is 0 Å². The lowest BCUT2D eigenvalue weighted by molar-refractivity contribution is 0.0251. The Kier molecular flexibility index (Phi) is 9.36. The second-order valence-corrected chi connectivity index (χ2v) is 9.16. The van der Waals surface area contributed by atoms with Crippen LogP contribution in [0.25, 0.3) is 0 Å². The molecule has 0 heterocycles. The van der Waals surface area contributed by atoms with Crippen molar-refractivity contribution in [3.05, 3.63) is 47.5 Å². The molecule has 0 unspecified atom stereocenters. The normalized spacial score (nSPS) is 27.5. The minimum Gasteiger partial charge on any atom is -0.378 e. The van der Waals surface area contributed by atoms with Gasteiger partial charge in [0.25, 0.3) is 0 Å². The van der Waals surface area contributed by atoms with Gasteiger partial charge in [0, 0.05) is 12.2 Å². The zero-order chi connectivity index (χ0) is 20.3. The van der Waals surface area contributed by atoms with E-state index in [1.165, 1.54) is 69.8 Å². The molecule has 2 aliphatic rings. The third kappa shape index (κ3) is 7.35. The average Bonchev–Trinajstić information content (AvgIpc) is 2.77. The van der Waals surface area contributed by atoms with E-state index in [2.05, 4.69) is 62.1 Å². The highest BCUT2D eigenvalue weighted by Gasteiger charge is 2.22. The number of hydrogen-bond donors (Lipinski definition) is 0. The molecule has 1 aromatic rings. The molecular weight excluding hydrogens is 352 g/mol. The lowest BCUT2D eigenvalue weighted by Crippen LogP contribution is -2.21. The molecule has 0 atom stereocenters. The molecule has 3 rings (SSSR count). The summed E-state index contributed by atoms with van der Waals surface area (Å²) in [6.45, 7) is 5.41. The van der Waals surface area contributed by atoms with E-state index in [9.17, 15) is 0 Å². The third-order valence-corrected chi connectivity index (χ3v) is 6.87. The maximum Gasteiger partial charge on any atom is 0.0575 e. The van der Waals surface area contributed by atoms with Crippen molar-refractivity contribution in [3.63, 3.8) is 0 Å². The van der Waals surface area contributed by atoms with Crippen molar-refractivity contribution >= 4 is 0 Å². The fourth-order valence-electron chi connectivity index (χ4n) is 5.07. The summed E-state index contributed by atoms with van der Waals surface area (Å²) in [5.41, 5.74) is 2.61. The lowest BCUT2D eigenvalue weighted by Gasteiger charge is -2.28. The molecule has 0 spiro atoms. The van der Waals surface area contributed by atoms with Crippen molar-refractivity contribution in [2.24, 2.45) is 11.8 Å². The number of ether oxygens (including phenoxy) is 1. The Labute approximate surface area is 179 Å². The minimum atomic E-state index is 0.491. The molecule has 1 heteroatoms. The van der Waals surface area contributed by atoms with Crippen LogP contribution in [-0.2, 0) is 4.74 Å². The molecule has 0 aliphatic heterocycles. The van der Waals surface area contributed by atoms with Gasteiger partial charge in [-0.3, -0.25) is 0 Å². The van der Waals surface area contributed by atoms with E-state index in [0.29, 0.717) is 12.0 Å². The molecule has 158 valence electrons. The minimum absolute atomic E-state index is 0.491. The smallest absolute Gasteiger partial charge is 0.0575 e. The number of allylic oxidation sites excluding steroid dienone is 2. The summed E-state index contributed by atoms with van der Waals surface area (Å²) in [7, 11) is 0. The van der Waals surface area contributed by atoms with Gasteiger partial charge in [-0.15, -0.1) is 0 Å². The van der Waals surface area contributed by atoms with Crippen LogP contribution in [0.1, 0.15) is 102 Å². The van der Waals surface area contributed by atoms with Gasteiger partial charge in [-0.1, -0.05) is 56.7 Å². The van der Waals surface area contributed by atoms with Crippen molar-refractivity contribution in [1.82, 2.24) is 0 Å². The average molecular weight is 393 g/mol. The first-order valence-corrected chi connectivity index (χ1v) is 12.2. The van der Waals surface area contributed by atoms with E-state index in [4.69, 9.17) is 4.74 Å². The van der Waals surface area contributed by atoms with Gasteiger partial charge < -0.3 is 4.74 Å². The van der Waals surface area contributed by atoms with Gasteiger partial charge in [0.1, 0.15) is 0 Å². The third-order valence-electron chi connectivity index (χ3n) is 6.87. The fourth-order valence-corrected chi connectivity index (χ4v) is 5.07. The molecule has 0 N–H and O–H groups in total. The second-order valence-electron chi connectivity index (χ2n) is 9.16. The molecule has 2 fully saturated rings. The fraction of sp³-hybridized carbons (Fsp3) is 0.643. The molecule has 0 bridgehead atoms. The summed E-state index contributed by atoms with van der Waals surface area (Å²) in [5, 5.41) is 0.